The molecule has 4 aromatic rings. The van der Waals surface area contributed by atoms with Crippen molar-refractivity contribution in [1.29, 1.82) is 0 Å². The topological polar surface area (TPSA) is 32.6 Å². The van der Waals surface area contributed by atoms with Gasteiger partial charge >= 0.3 is 0 Å². The quantitative estimate of drug-likeness (QED) is 0.227. The average molecular weight is 265 g/mol. The van der Waals surface area contributed by atoms with Crippen LogP contribution in [0.4, 0.5) is 0 Å². The zero-order chi connectivity index (χ0) is 13.0. The van der Waals surface area contributed by atoms with Crippen molar-refractivity contribution in [2.24, 2.45) is 5.16 Å². The van der Waals surface area contributed by atoms with E-state index in [4.69, 9.17) is 5.21 Å². The monoisotopic (exact) mass is 265 g/mol. The molecule has 0 radical (unpaired) electrons. The second kappa shape index (κ2) is 3.68. The minimum atomic E-state index is 0.661. The Morgan fingerprint density at radius 1 is 1.00 bits per heavy atom. The van der Waals surface area contributed by atoms with Gasteiger partial charge in [-0.15, -0.1) is 11.3 Å². The number of thiophene rings is 1. The molecule has 0 unspecified atom stereocenters. The van der Waals surface area contributed by atoms with E-state index >= 15 is 0 Å². The molecule has 19 heavy (non-hydrogen) atoms. The maximum atomic E-state index is 9.04. The first-order chi connectivity index (χ1) is 9.29. The first-order valence-electron chi connectivity index (χ1n) is 6.15. The highest BCUT2D eigenvalue weighted by Gasteiger charge is 2.14. The second-order valence-corrected chi connectivity index (χ2v) is 5.80. The van der Waals surface area contributed by atoms with E-state index in [1.165, 1.54) is 30.9 Å². The molecule has 0 aliphatic carbocycles. The molecular formula is C16H11NOS. The van der Waals surface area contributed by atoms with Crippen molar-refractivity contribution in [2.45, 2.75) is 6.92 Å². The maximum absolute atomic E-state index is 9.04. The predicted octanol–water partition coefficient (Wildman–Crippen LogP) is 4.84. The molecule has 2 nitrogen and oxygen atoms in total. The standard InChI is InChI=1S/C16H11NOS/c1-9(17-18)12-8-7-11-6-5-10-3-2-4-13-14(10)15(11)16(12)19-13/h2-8,18H,1H3. The third kappa shape index (κ3) is 1.33. The highest BCUT2D eigenvalue weighted by molar-refractivity contribution is 7.26. The van der Waals surface area contributed by atoms with Gasteiger partial charge < -0.3 is 5.21 Å². The molecule has 0 aliphatic rings. The largest absolute Gasteiger partial charge is 0.411 e. The van der Waals surface area contributed by atoms with Crippen LogP contribution in [0.3, 0.4) is 0 Å². The van der Waals surface area contributed by atoms with Gasteiger partial charge in [-0.05, 0) is 23.8 Å². The molecule has 0 amide bonds. The molecule has 3 aromatic carbocycles. The average Bonchev–Trinajstić information content (AvgIpc) is 2.85. The minimum Gasteiger partial charge on any atom is -0.411 e. The molecule has 0 aliphatic heterocycles. The lowest BCUT2D eigenvalue weighted by atomic mass is 9.99. The van der Waals surface area contributed by atoms with Crippen LogP contribution in [0.1, 0.15) is 12.5 Å². The zero-order valence-electron chi connectivity index (χ0n) is 10.3. The van der Waals surface area contributed by atoms with Crippen LogP contribution in [0, 0.1) is 0 Å². The van der Waals surface area contributed by atoms with E-state index in [0.717, 1.165) is 5.56 Å². The van der Waals surface area contributed by atoms with E-state index in [0.29, 0.717) is 5.71 Å². The van der Waals surface area contributed by atoms with Gasteiger partial charge in [0.2, 0.25) is 0 Å². The highest BCUT2D eigenvalue weighted by atomic mass is 32.1. The highest BCUT2D eigenvalue weighted by Crippen LogP contribution is 2.42. The first kappa shape index (κ1) is 10.8. The molecule has 3 heteroatoms. The second-order valence-electron chi connectivity index (χ2n) is 4.75. The van der Waals surface area contributed by atoms with Crippen LogP contribution < -0.4 is 0 Å². The molecule has 92 valence electrons. The summed E-state index contributed by atoms with van der Waals surface area (Å²) < 4.78 is 2.50. The van der Waals surface area contributed by atoms with Crippen LogP contribution >= 0.6 is 11.3 Å². The summed E-state index contributed by atoms with van der Waals surface area (Å²) in [5.74, 6) is 0. The molecule has 0 saturated carbocycles. The number of hydrogen-bond acceptors (Lipinski definition) is 3. The van der Waals surface area contributed by atoms with E-state index in [-0.39, 0.29) is 0 Å². The summed E-state index contributed by atoms with van der Waals surface area (Å²) >= 11 is 1.77. The van der Waals surface area contributed by atoms with Crippen LogP contribution in [-0.2, 0) is 0 Å². The van der Waals surface area contributed by atoms with Crippen molar-refractivity contribution in [3.8, 4) is 0 Å². The number of oxime groups is 1. The molecule has 1 N–H and O–H groups in total. The number of hydrogen-bond donors (Lipinski definition) is 1. The Kier molecular flexibility index (Phi) is 2.09. The van der Waals surface area contributed by atoms with Gasteiger partial charge in [-0.1, -0.05) is 41.6 Å². The summed E-state index contributed by atoms with van der Waals surface area (Å²) in [5, 5.41) is 17.5. The summed E-state index contributed by atoms with van der Waals surface area (Å²) in [6.45, 7) is 1.83. The summed E-state index contributed by atoms with van der Waals surface area (Å²) in [7, 11) is 0. The molecule has 4 rings (SSSR count). The van der Waals surface area contributed by atoms with Gasteiger partial charge in [-0.3, -0.25) is 0 Å². The normalized spacial score (nSPS) is 13.0. The number of benzene rings is 3. The zero-order valence-corrected chi connectivity index (χ0v) is 11.2. The lowest BCUT2D eigenvalue weighted by Gasteiger charge is -2.05. The Morgan fingerprint density at radius 3 is 2.53 bits per heavy atom. The summed E-state index contributed by atoms with van der Waals surface area (Å²) in [5.41, 5.74) is 1.68. The Bertz CT molecular complexity index is 936. The lowest BCUT2D eigenvalue weighted by molar-refractivity contribution is 0.319. The van der Waals surface area contributed by atoms with Gasteiger partial charge in [0.15, 0.2) is 0 Å². The van der Waals surface area contributed by atoms with Crippen molar-refractivity contribution >= 4 is 48.0 Å². The fourth-order valence-corrected chi connectivity index (χ4v) is 4.10. The van der Waals surface area contributed by atoms with Gasteiger partial charge in [0, 0.05) is 25.7 Å². The SMILES string of the molecule is CC(=NO)c1ccc2ccc3cccc4sc1c2c34. The van der Waals surface area contributed by atoms with E-state index in [1.54, 1.807) is 11.3 Å². The van der Waals surface area contributed by atoms with Crippen molar-refractivity contribution in [3.63, 3.8) is 0 Å². The van der Waals surface area contributed by atoms with E-state index in [9.17, 15) is 0 Å². The van der Waals surface area contributed by atoms with Gasteiger partial charge in [0.05, 0.1) is 5.71 Å². The molecule has 1 aromatic heterocycles. The summed E-state index contributed by atoms with van der Waals surface area (Å²) in [4.78, 5) is 0. The maximum Gasteiger partial charge on any atom is 0.0851 e. The van der Waals surface area contributed by atoms with Crippen LogP contribution in [0.5, 0.6) is 0 Å². The Labute approximate surface area is 113 Å². The molecule has 0 spiro atoms. The first-order valence-corrected chi connectivity index (χ1v) is 6.96. The van der Waals surface area contributed by atoms with Crippen LogP contribution in [0.25, 0.3) is 30.9 Å². The molecular weight excluding hydrogens is 254 g/mol. The van der Waals surface area contributed by atoms with Crippen molar-refractivity contribution in [1.82, 2.24) is 0 Å². The summed E-state index contributed by atoms with van der Waals surface area (Å²) in [6, 6.07) is 14.9. The molecule has 0 saturated heterocycles. The van der Waals surface area contributed by atoms with Crippen molar-refractivity contribution in [3.05, 3.63) is 48.0 Å². The fraction of sp³-hybridized carbons (Fsp3) is 0.0625. The van der Waals surface area contributed by atoms with Gasteiger partial charge in [-0.25, -0.2) is 0 Å². The van der Waals surface area contributed by atoms with E-state index in [1.807, 2.05) is 13.0 Å². The van der Waals surface area contributed by atoms with Crippen LogP contribution in [0.15, 0.2) is 47.6 Å². The van der Waals surface area contributed by atoms with Crippen LogP contribution in [0.2, 0.25) is 0 Å². The third-order valence-corrected chi connectivity index (χ3v) is 4.88. The van der Waals surface area contributed by atoms with Crippen molar-refractivity contribution in [2.75, 3.05) is 0 Å². The van der Waals surface area contributed by atoms with Crippen molar-refractivity contribution < 1.29 is 5.21 Å². The number of rotatable bonds is 1. The van der Waals surface area contributed by atoms with Crippen LogP contribution in [-0.4, -0.2) is 10.9 Å². The Balaban J connectivity index is 2.32. The number of nitrogens with zero attached hydrogens (tertiary/aromatic N) is 1. The Hall–Kier alpha value is -2.13. The third-order valence-electron chi connectivity index (χ3n) is 3.69. The fourth-order valence-electron chi connectivity index (χ4n) is 2.77. The molecule has 0 fully saturated rings. The molecule has 0 atom stereocenters. The van der Waals surface area contributed by atoms with Gasteiger partial charge in [0.25, 0.3) is 0 Å². The minimum absolute atomic E-state index is 0.661. The smallest absolute Gasteiger partial charge is 0.0851 e. The van der Waals surface area contributed by atoms with Gasteiger partial charge in [-0.2, -0.15) is 0 Å². The lowest BCUT2D eigenvalue weighted by Crippen LogP contribution is -1.94. The molecule has 0 bridgehead atoms. The van der Waals surface area contributed by atoms with E-state index < -0.39 is 0 Å². The predicted molar refractivity (Wildman–Crippen MR) is 82.0 cm³/mol. The van der Waals surface area contributed by atoms with Gasteiger partial charge in [0.1, 0.15) is 0 Å². The Morgan fingerprint density at radius 2 is 1.74 bits per heavy atom. The summed E-state index contributed by atoms with van der Waals surface area (Å²) in [6.07, 6.45) is 0. The van der Waals surface area contributed by atoms with E-state index in [2.05, 4.69) is 41.6 Å². The molecule has 1 heterocycles.